The Kier molecular flexibility index (Phi) is 6.75. The van der Waals surface area contributed by atoms with E-state index in [2.05, 4.69) is 129 Å². The fourth-order valence-electron chi connectivity index (χ4n) is 4.86. The van der Waals surface area contributed by atoms with Crippen molar-refractivity contribution < 1.29 is 4.57 Å². The van der Waals surface area contributed by atoms with Gasteiger partial charge in [0.25, 0.3) is 0 Å². The Labute approximate surface area is 235 Å². The molecule has 6 rings (SSSR count). The Bertz CT molecular complexity index is 1780. The Balaban J connectivity index is 1.54. The summed E-state index contributed by atoms with van der Waals surface area (Å²) in [5, 5.41) is 0. The van der Waals surface area contributed by atoms with Gasteiger partial charge in [0, 0.05) is 36.7 Å². The van der Waals surface area contributed by atoms with Gasteiger partial charge in [-0.3, -0.25) is 9.98 Å². The first-order chi connectivity index (χ1) is 19.4. The normalized spacial score (nSPS) is 11.8. The van der Waals surface area contributed by atoms with E-state index in [4.69, 9.17) is 15.0 Å². The largest absolute Gasteiger partial charge is 0.256 e. The maximum atomic E-state index is 5.10. The number of benzene rings is 5. The third-order valence-electron chi connectivity index (χ3n) is 7.18. The van der Waals surface area contributed by atoms with Crippen molar-refractivity contribution in [2.24, 2.45) is 9.98 Å². The van der Waals surface area contributed by atoms with Crippen LogP contribution in [-0.4, -0.2) is 17.4 Å². The van der Waals surface area contributed by atoms with Crippen LogP contribution in [0.1, 0.15) is 33.4 Å². The topological polar surface area (TPSA) is 41.5 Å². The van der Waals surface area contributed by atoms with Crippen LogP contribution >= 0.6 is 0 Å². The zero-order valence-electron chi connectivity index (χ0n) is 23.3. The second-order valence-corrected chi connectivity index (χ2v) is 10.4. The summed E-state index contributed by atoms with van der Waals surface area (Å²) in [6.45, 7) is 8.37. The highest BCUT2D eigenvalue weighted by atomic mass is 15.0. The molecule has 0 unspecified atom stereocenters. The molecule has 0 aliphatic heterocycles. The van der Waals surface area contributed by atoms with Crippen molar-refractivity contribution in [2.45, 2.75) is 27.7 Å². The summed E-state index contributed by atoms with van der Waals surface area (Å²) in [6, 6.07) is 35.8. The van der Waals surface area contributed by atoms with E-state index >= 15 is 0 Å². The highest BCUT2D eigenvalue weighted by Gasteiger charge is 2.22. The summed E-state index contributed by atoms with van der Waals surface area (Å²) in [4.78, 5) is 14.9. The van der Waals surface area contributed by atoms with Crippen LogP contribution < -0.4 is 4.57 Å². The van der Waals surface area contributed by atoms with Gasteiger partial charge in [-0.05, 0) is 62.1 Å². The van der Waals surface area contributed by atoms with Crippen LogP contribution in [0.2, 0.25) is 0 Å². The molecular formula is C36H31N4+. The van der Waals surface area contributed by atoms with Crippen LogP contribution in [0, 0.1) is 27.7 Å². The zero-order valence-corrected chi connectivity index (χ0v) is 23.3. The third kappa shape index (κ3) is 5.16. The molecule has 0 amide bonds. The van der Waals surface area contributed by atoms with Crippen molar-refractivity contribution in [3.8, 4) is 5.69 Å². The highest BCUT2D eigenvalue weighted by molar-refractivity contribution is 5.90. The van der Waals surface area contributed by atoms with Crippen molar-refractivity contribution in [1.29, 1.82) is 0 Å². The Morgan fingerprint density at radius 3 is 1.45 bits per heavy atom. The second kappa shape index (κ2) is 10.7. The average molecular weight is 520 g/mol. The van der Waals surface area contributed by atoms with Gasteiger partial charge in [0.15, 0.2) is 0 Å². The Morgan fingerprint density at radius 2 is 1.00 bits per heavy atom. The lowest BCUT2D eigenvalue weighted by molar-refractivity contribution is -0.538. The van der Waals surface area contributed by atoms with E-state index in [0.717, 1.165) is 61.4 Å². The predicted molar refractivity (Wildman–Crippen MR) is 167 cm³/mol. The summed E-state index contributed by atoms with van der Waals surface area (Å²) in [5.74, 6) is 0. The fraction of sp³-hybridized carbons (Fsp3) is 0.111. The second-order valence-electron chi connectivity index (χ2n) is 10.4. The summed E-state index contributed by atoms with van der Waals surface area (Å²) < 4.78 is 2.27. The highest BCUT2D eigenvalue weighted by Crippen LogP contribution is 2.29. The lowest BCUT2D eigenvalue weighted by Gasteiger charge is -2.09. The summed E-state index contributed by atoms with van der Waals surface area (Å²) in [6.07, 6.45) is 3.85. The minimum absolute atomic E-state index is 0.920. The molecule has 40 heavy (non-hydrogen) atoms. The zero-order chi connectivity index (χ0) is 27.6. The van der Waals surface area contributed by atoms with Crippen LogP contribution in [0.5, 0.6) is 0 Å². The van der Waals surface area contributed by atoms with E-state index in [9.17, 15) is 0 Å². The van der Waals surface area contributed by atoms with Crippen molar-refractivity contribution in [3.63, 3.8) is 0 Å². The number of hydrogen-bond acceptors (Lipinski definition) is 3. The summed E-state index contributed by atoms with van der Waals surface area (Å²) in [7, 11) is 0. The summed E-state index contributed by atoms with van der Waals surface area (Å²) >= 11 is 0. The molecule has 4 heteroatoms. The lowest BCUT2D eigenvalue weighted by Crippen LogP contribution is -2.33. The third-order valence-corrected chi connectivity index (χ3v) is 7.18. The van der Waals surface area contributed by atoms with E-state index in [-0.39, 0.29) is 0 Å². The number of rotatable bonds is 5. The molecule has 0 aliphatic carbocycles. The molecular weight excluding hydrogens is 488 g/mol. The first kappa shape index (κ1) is 25.3. The van der Waals surface area contributed by atoms with E-state index < -0.39 is 0 Å². The Hall–Kier alpha value is -4.96. The predicted octanol–water partition coefficient (Wildman–Crippen LogP) is 8.40. The van der Waals surface area contributed by atoms with Crippen molar-refractivity contribution in [2.75, 3.05) is 0 Å². The molecule has 0 bridgehead atoms. The van der Waals surface area contributed by atoms with Gasteiger partial charge in [-0.15, -0.1) is 4.57 Å². The average Bonchev–Trinajstić information content (AvgIpc) is 2.96. The first-order valence-electron chi connectivity index (χ1n) is 13.5. The molecule has 5 aromatic carbocycles. The van der Waals surface area contributed by atoms with E-state index in [1.54, 1.807) is 0 Å². The molecule has 0 saturated carbocycles. The molecule has 194 valence electrons. The maximum absolute atomic E-state index is 5.10. The Morgan fingerprint density at radius 1 is 0.550 bits per heavy atom. The molecule has 6 aromatic rings. The molecule has 0 N–H and O–H groups in total. The minimum atomic E-state index is 0.920. The molecule has 1 heterocycles. The van der Waals surface area contributed by atoms with Crippen LogP contribution in [0.15, 0.2) is 113 Å². The standard InChI is InChI=1S/C36H31N4/c1-24-10-14-28(15-11-24)22-37-31-20-35-33(18-26(31)3)39-34-19-27(4)32(38-23-29-16-12-25(2)13-17-29)21-36(34)40(35)30-8-6-5-7-9-30/h5-23H,1-4H3/q+1. The number of aliphatic imine (C=N–C) groups is 2. The van der Waals surface area contributed by atoms with Gasteiger partial charge in [0.2, 0.25) is 16.7 Å². The number of fused-ring (bicyclic) bond motifs is 2. The number of hydrogen-bond donors (Lipinski definition) is 0. The molecule has 0 saturated heterocycles. The number of aromatic nitrogens is 2. The molecule has 0 atom stereocenters. The molecule has 0 aliphatic rings. The van der Waals surface area contributed by atoms with Crippen molar-refractivity contribution in [3.05, 3.63) is 137 Å². The van der Waals surface area contributed by atoms with Gasteiger partial charge in [0.05, 0.1) is 11.4 Å². The lowest BCUT2D eigenvalue weighted by atomic mass is 10.1. The monoisotopic (exact) mass is 519 g/mol. The SMILES string of the molecule is Cc1ccc(C=Nc2cc3c(cc2C)nc2cc(C)c(N=Cc4ccc(C)cc4)cc2[n+]3-c2ccccc2)cc1. The van der Waals surface area contributed by atoms with Gasteiger partial charge < -0.3 is 0 Å². The minimum Gasteiger partial charge on any atom is -0.256 e. The molecule has 1 aromatic heterocycles. The molecule has 4 nitrogen and oxygen atoms in total. The van der Waals surface area contributed by atoms with E-state index in [0.29, 0.717) is 0 Å². The number of aryl methyl sites for hydroxylation is 4. The van der Waals surface area contributed by atoms with Crippen LogP contribution in [0.3, 0.4) is 0 Å². The van der Waals surface area contributed by atoms with Gasteiger partial charge in [-0.1, -0.05) is 77.9 Å². The van der Waals surface area contributed by atoms with Crippen molar-refractivity contribution in [1.82, 2.24) is 4.98 Å². The fourth-order valence-corrected chi connectivity index (χ4v) is 4.86. The molecule has 0 spiro atoms. The first-order valence-corrected chi connectivity index (χ1v) is 13.5. The smallest absolute Gasteiger partial charge is 0.239 e. The molecule has 0 fully saturated rings. The number of para-hydroxylation sites is 1. The quantitative estimate of drug-likeness (QED) is 0.128. The van der Waals surface area contributed by atoms with Gasteiger partial charge in [-0.2, -0.15) is 0 Å². The van der Waals surface area contributed by atoms with Crippen LogP contribution in [-0.2, 0) is 0 Å². The van der Waals surface area contributed by atoms with E-state index in [1.165, 1.54) is 11.1 Å². The van der Waals surface area contributed by atoms with Crippen LogP contribution in [0.25, 0.3) is 27.8 Å². The van der Waals surface area contributed by atoms with Crippen molar-refractivity contribution >= 4 is 45.9 Å². The van der Waals surface area contributed by atoms with Crippen LogP contribution in [0.4, 0.5) is 11.4 Å². The van der Waals surface area contributed by atoms with Gasteiger partial charge in [-0.25, -0.2) is 4.98 Å². The number of nitrogens with zero attached hydrogens (tertiary/aromatic N) is 4. The summed E-state index contributed by atoms with van der Waals surface area (Å²) in [5.41, 5.74) is 13.5. The van der Waals surface area contributed by atoms with Gasteiger partial charge >= 0.3 is 0 Å². The molecule has 0 radical (unpaired) electrons. The van der Waals surface area contributed by atoms with Gasteiger partial charge in [0.1, 0.15) is 11.0 Å². The van der Waals surface area contributed by atoms with E-state index in [1.807, 2.05) is 18.5 Å². The maximum Gasteiger partial charge on any atom is 0.239 e.